The minimum atomic E-state index is 0.0798. The summed E-state index contributed by atoms with van der Waals surface area (Å²) in [6, 6.07) is 2.09. The standard InChI is InChI=1S/C14H21N5OS/c20-14(18-7-9-21-10-8-18)17-12-3-1-6-19(11-12)13-15-4-2-5-16-13/h2,4-5,12H,1,3,6-11H2,(H,17,20)/t12-/m0/s1. The lowest BCUT2D eigenvalue weighted by molar-refractivity contribution is 0.197. The molecule has 0 radical (unpaired) electrons. The van der Waals surface area contributed by atoms with Crippen LogP contribution in [-0.2, 0) is 0 Å². The molecule has 0 aliphatic carbocycles. The highest BCUT2D eigenvalue weighted by molar-refractivity contribution is 7.99. The van der Waals surface area contributed by atoms with Crippen LogP contribution in [0.2, 0.25) is 0 Å². The molecule has 1 aromatic heterocycles. The molecule has 21 heavy (non-hydrogen) atoms. The third kappa shape index (κ3) is 3.78. The Kier molecular flexibility index (Phi) is 4.80. The normalized spacial score (nSPS) is 23.0. The van der Waals surface area contributed by atoms with Gasteiger partial charge in [0.25, 0.3) is 0 Å². The number of nitrogens with zero attached hydrogens (tertiary/aromatic N) is 4. The fourth-order valence-electron chi connectivity index (χ4n) is 2.76. The molecule has 0 unspecified atom stereocenters. The lowest BCUT2D eigenvalue weighted by Crippen LogP contribution is -2.53. The van der Waals surface area contributed by atoms with Gasteiger partial charge < -0.3 is 15.1 Å². The van der Waals surface area contributed by atoms with Gasteiger partial charge in [0.15, 0.2) is 0 Å². The van der Waals surface area contributed by atoms with Gasteiger partial charge in [-0.2, -0.15) is 11.8 Å². The highest BCUT2D eigenvalue weighted by atomic mass is 32.2. The summed E-state index contributed by atoms with van der Waals surface area (Å²) in [6.45, 7) is 3.46. The predicted octanol–water partition coefficient (Wildman–Crippen LogP) is 1.20. The molecule has 0 bridgehead atoms. The number of hydrogen-bond donors (Lipinski definition) is 1. The first kappa shape index (κ1) is 14.4. The first-order valence-corrected chi connectivity index (χ1v) is 8.63. The van der Waals surface area contributed by atoms with Crippen LogP contribution in [0.5, 0.6) is 0 Å². The molecule has 6 nitrogen and oxygen atoms in total. The zero-order chi connectivity index (χ0) is 14.5. The Hall–Kier alpha value is -1.50. The second-order valence-electron chi connectivity index (χ2n) is 5.38. The Morgan fingerprint density at radius 3 is 2.76 bits per heavy atom. The molecule has 2 saturated heterocycles. The van der Waals surface area contributed by atoms with Gasteiger partial charge in [0.2, 0.25) is 5.95 Å². The summed E-state index contributed by atoms with van der Waals surface area (Å²) in [4.78, 5) is 24.9. The number of urea groups is 1. The van der Waals surface area contributed by atoms with Crippen LogP contribution in [0.3, 0.4) is 0 Å². The van der Waals surface area contributed by atoms with Crippen LogP contribution in [0.15, 0.2) is 18.5 Å². The lowest BCUT2D eigenvalue weighted by atomic mass is 10.1. The van der Waals surface area contributed by atoms with Gasteiger partial charge in [0.05, 0.1) is 0 Å². The second kappa shape index (κ2) is 6.98. The van der Waals surface area contributed by atoms with E-state index in [-0.39, 0.29) is 12.1 Å². The molecular weight excluding hydrogens is 286 g/mol. The molecule has 1 aromatic rings. The Morgan fingerprint density at radius 2 is 2.00 bits per heavy atom. The van der Waals surface area contributed by atoms with E-state index in [1.54, 1.807) is 12.4 Å². The van der Waals surface area contributed by atoms with Crippen molar-refractivity contribution in [3.8, 4) is 0 Å². The Bertz CT molecular complexity index is 466. The number of thioether (sulfide) groups is 1. The van der Waals surface area contributed by atoms with Gasteiger partial charge in [-0.3, -0.25) is 0 Å². The number of rotatable bonds is 2. The molecular formula is C14H21N5OS. The van der Waals surface area contributed by atoms with E-state index in [9.17, 15) is 4.79 Å². The quantitative estimate of drug-likeness (QED) is 0.890. The highest BCUT2D eigenvalue weighted by Gasteiger charge is 2.25. The number of carbonyl (C=O) groups excluding carboxylic acids is 1. The van der Waals surface area contributed by atoms with Gasteiger partial charge in [-0.05, 0) is 18.9 Å². The maximum absolute atomic E-state index is 12.3. The van der Waals surface area contributed by atoms with Crippen molar-refractivity contribution in [2.45, 2.75) is 18.9 Å². The summed E-state index contributed by atoms with van der Waals surface area (Å²) >= 11 is 1.91. The Morgan fingerprint density at radius 1 is 1.24 bits per heavy atom. The third-order valence-corrected chi connectivity index (χ3v) is 4.82. The zero-order valence-electron chi connectivity index (χ0n) is 12.1. The molecule has 3 heterocycles. The molecule has 114 valence electrons. The minimum absolute atomic E-state index is 0.0798. The topological polar surface area (TPSA) is 61.4 Å². The maximum atomic E-state index is 12.3. The van der Waals surface area contributed by atoms with Gasteiger partial charge in [-0.1, -0.05) is 0 Å². The van der Waals surface area contributed by atoms with Crippen molar-refractivity contribution in [2.75, 3.05) is 42.6 Å². The molecule has 0 aromatic carbocycles. The summed E-state index contributed by atoms with van der Waals surface area (Å²) in [5.41, 5.74) is 0. The molecule has 1 N–H and O–H groups in total. The Balaban J connectivity index is 1.55. The summed E-state index contributed by atoms with van der Waals surface area (Å²) in [6.07, 6.45) is 5.60. The van der Waals surface area contributed by atoms with E-state index in [1.807, 2.05) is 22.7 Å². The molecule has 1 atom stereocenters. The van der Waals surface area contributed by atoms with Crippen molar-refractivity contribution in [3.05, 3.63) is 18.5 Å². The van der Waals surface area contributed by atoms with Gasteiger partial charge >= 0.3 is 6.03 Å². The van der Waals surface area contributed by atoms with Crippen molar-refractivity contribution < 1.29 is 4.79 Å². The molecule has 2 amide bonds. The largest absolute Gasteiger partial charge is 0.339 e. The van der Waals surface area contributed by atoms with E-state index < -0.39 is 0 Å². The first-order chi connectivity index (χ1) is 10.3. The van der Waals surface area contributed by atoms with Crippen LogP contribution in [0.25, 0.3) is 0 Å². The van der Waals surface area contributed by atoms with Crippen molar-refractivity contribution in [1.29, 1.82) is 0 Å². The minimum Gasteiger partial charge on any atom is -0.339 e. The van der Waals surface area contributed by atoms with Gasteiger partial charge in [-0.25, -0.2) is 14.8 Å². The number of anilines is 1. The van der Waals surface area contributed by atoms with Crippen molar-refractivity contribution in [1.82, 2.24) is 20.2 Å². The second-order valence-corrected chi connectivity index (χ2v) is 6.61. The number of hydrogen-bond acceptors (Lipinski definition) is 5. The smallest absolute Gasteiger partial charge is 0.317 e. The van der Waals surface area contributed by atoms with Crippen LogP contribution in [0.4, 0.5) is 10.7 Å². The van der Waals surface area contributed by atoms with Crippen LogP contribution in [0.1, 0.15) is 12.8 Å². The number of aromatic nitrogens is 2. The summed E-state index contributed by atoms with van der Waals surface area (Å²) in [5, 5.41) is 3.17. The lowest BCUT2D eigenvalue weighted by Gasteiger charge is -2.35. The fraction of sp³-hybridized carbons (Fsp3) is 0.643. The van der Waals surface area contributed by atoms with Crippen LogP contribution >= 0.6 is 11.8 Å². The fourth-order valence-corrected chi connectivity index (χ4v) is 3.67. The molecule has 0 spiro atoms. The summed E-state index contributed by atoms with van der Waals surface area (Å²) in [5.74, 6) is 2.84. The van der Waals surface area contributed by atoms with Crippen molar-refractivity contribution in [2.24, 2.45) is 0 Å². The van der Waals surface area contributed by atoms with Crippen LogP contribution in [-0.4, -0.2) is 64.6 Å². The van der Waals surface area contributed by atoms with E-state index in [0.29, 0.717) is 0 Å². The zero-order valence-corrected chi connectivity index (χ0v) is 12.9. The Labute approximate surface area is 129 Å². The number of carbonyl (C=O) groups is 1. The van der Waals surface area contributed by atoms with Crippen LogP contribution < -0.4 is 10.2 Å². The molecule has 2 fully saturated rings. The molecule has 2 aliphatic heterocycles. The molecule has 3 rings (SSSR count). The predicted molar refractivity (Wildman–Crippen MR) is 84.7 cm³/mol. The van der Waals surface area contributed by atoms with E-state index >= 15 is 0 Å². The molecule has 2 aliphatic rings. The van der Waals surface area contributed by atoms with E-state index in [2.05, 4.69) is 20.2 Å². The summed E-state index contributed by atoms with van der Waals surface area (Å²) < 4.78 is 0. The molecule has 0 saturated carbocycles. The van der Waals surface area contributed by atoms with E-state index in [4.69, 9.17) is 0 Å². The van der Waals surface area contributed by atoms with Gasteiger partial charge in [-0.15, -0.1) is 0 Å². The highest BCUT2D eigenvalue weighted by Crippen LogP contribution is 2.16. The summed E-state index contributed by atoms with van der Waals surface area (Å²) in [7, 11) is 0. The average Bonchev–Trinajstić information content (AvgIpc) is 2.57. The van der Waals surface area contributed by atoms with E-state index in [1.165, 1.54) is 0 Å². The van der Waals surface area contributed by atoms with E-state index in [0.717, 1.165) is 56.5 Å². The molecule has 7 heteroatoms. The number of nitrogens with one attached hydrogen (secondary N) is 1. The van der Waals surface area contributed by atoms with Crippen molar-refractivity contribution >= 4 is 23.7 Å². The maximum Gasteiger partial charge on any atom is 0.317 e. The van der Waals surface area contributed by atoms with Gasteiger partial charge in [0.1, 0.15) is 0 Å². The SMILES string of the molecule is O=C(N[C@H]1CCCN(c2ncccn2)C1)N1CCSCC1. The average molecular weight is 307 g/mol. The third-order valence-electron chi connectivity index (χ3n) is 3.88. The number of amides is 2. The number of piperidine rings is 1. The monoisotopic (exact) mass is 307 g/mol. The van der Waals surface area contributed by atoms with Gasteiger partial charge in [0, 0.05) is 56.1 Å². The first-order valence-electron chi connectivity index (χ1n) is 7.48. The van der Waals surface area contributed by atoms with Crippen molar-refractivity contribution in [3.63, 3.8) is 0 Å². The van der Waals surface area contributed by atoms with Crippen LogP contribution in [0, 0.1) is 0 Å².